The van der Waals surface area contributed by atoms with Gasteiger partial charge in [-0.05, 0) is 24.2 Å². The van der Waals surface area contributed by atoms with E-state index in [1.165, 1.54) is 12.8 Å². The van der Waals surface area contributed by atoms with Crippen LogP contribution in [0.4, 0.5) is 0 Å². The lowest BCUT2D eigenvalue weighted by Crippen LogP contribution is -2.31. The maximum Gasteiger partial charge on any atom is 0.0628 e. The molecule has 2 atom stereocenters. The smallest absolute Gasteiger partial charge is 0.0628 e. The third kappa shape index (κ3) is 1.92. The van der Waals surface area contributed by atoms with Crippen LogP contribution in [0.25, 0.3) is 0 Å². The zero-order chi connectivity index (χ0) is 10.2. The Morgan fingerprint density at radius 1 is 1.50 bits per heavy atom. The van der Waals surface area contributed by atoms with E-state index in [2.05, 4.69) is 17.9 Å². The number of hydrogen-bond acceptors (Lipinski definition) is 3. The Hall–Kier alpha value is -0.590. The minimum absolute atomic E-state index is 0.341. The summed E-state index contributed by atoms with van der Waals surface area (Å²) in [6, 6.07) is 2.65. The maximum absolute atomic E-state index is 8.73. The predicted octanol–water partition coefficient (Wildman–Crippen LogP) is 0.959. The summed E-state index contributed by atoms with van der Waals surface area (Å²) in [5.41, 5.74) is 6.32. The highest BCUT2D eigenvalue weighted by Gasteiger charge is 2.45. The molecule has 0 bridgehead atoms. The lowest BCUT2D eigenvalue weighted by atomic mass is 10.0. The monoisotopic (exact) mass is 193 g/mol. The molecule has 2 fully saturated rings. The van der Waals surface area contributed by atoms with Crippen molar-refractivity contribution in [2.24, 2.45) is 17.1 Å². The van der Waals surface area contributed by atoms with Crippen molar-refractivity contribution < 1.29 is 0 Å². The Morgan fingerprint density at radius 2 is 2.21 bits per heavy atom. The second kappa shape index (κ2) is 3.52. The van der Waals surface area contributed by atoms with Gasteiger partial charge in [0.15, 0.2) is 0 Å². The van der Waals surface area contributed by atoms with E-state index in [1.807, 2.05) is 0 Å². The second-order valence-corrected chi connectivity index (χ2v) is 5.17. The fourth-order valence-electron chi connectivity index (χ4n) is 2.43. The largest absolute Gasteiger partial charge is 0.326 e. The molecule has 1 saturated carbocycles. The van der Waals surface area contributed by atoms with E-state index in [4.69, 9.17) is 11.0 Å². The summed E-state index contributed by atoms with van der Waals surface area (Å²) in [4.78, 5) is 2.44. The minimum Gasteiger partial charge on any atom is -0.326 e. The number of rotatable bonds is 3. The highest BCUT2D eigenvalue weighted by molar-refractivity contribution is 5.02. The molecular formula is C11H19N3. The maximum atomic E-state index is 8.73. The van der Waals surface area contributed by atoms with Gasteiger partial charge in [0.05, 0.1) is 6.07 Å². The fraction of sp³-hybridized carbons (Fsp3) is 0.909. The van der Waals surface area contributed by atoms with Crippen molar-refractivity contribution in [3.63, 3.8) is 0 Å². The van der Waals surface area contributed by atoms with Gasteiger partial charge < -0.3 is 10.6 Å². The molecule has 1 aliphatic carbocycles. The first-order valence-electron chi connectivity index (χ1n) is 5.50. The molecule has 3 heteroatoms. The normalized spacial score (nSPS) is 35.5. The van der Waals surface area contributed by atoms with E-state index >= 15 is 0 Å². The van der Waals surface area contributed by atoms with Crippen molar-refractivity contribution in [1.82, 2.24) is 4.90 Å². The van der Waals surface area contributed by atoms with Gasteiger partial charge in [0.1, 0.15) is 0 Å². The van der Waals surface area contributed by atoms with Crippen molar-refractivity contribution >= 4 is 0 Å². The van der Waals surface area contributed by atoms with Crippen molar-refractivity contribution in [3.05, 3.63) is 0 Å². The van der Waals surface area contributed by atoms with Crippen LogP contribution in [-0.4, -0.2) is 30.6 Å². The lowest BCUT2D eigenvalue weighted by molar-refractivity contribution is 0.258. The molecule has 1 aliphatic heterocycles. The molecule has 0 radical (unpaired) electrons. The first-order valence-corrected chi connectivity index (χ1v) is 5.50. The molecule has 2 aliphatic rings. The van der Waals surface area contributed by atoms with Gasteiger partial charge in [-0.25, -0.2) is 0 Å². The molecule has 2 rings (SSSR count). The Balaban J connectivity index is 1.85. The van der Waals surface area contributed by atoms with Crippen LogP contribution in [0.15, 0.2) is 0 Å². The number of nitrogens with two attached hydrogens (primary N) is 1. The van der Waals surface area contributed by atoms with Crippen LogP contribution >= 0.6 is 0 Å². The summed E-state index contributed by atoms with van der Waals surface area (Å²) in [7, 11) is 0. The molecule has 0 aromatic rings. The Labute approximate surface area is 85.9 Å². The SMILES string of the molecule is CC1CN(CC2(CC#N)CC2)CC1N. The number of likely N-dealkylation sites (tertiary alicyclic amines) is 1. The average molecular weight is 193 g/mol. The zero-order valence-electron chi connectivity index (χ0n) is 8.87. The Kier molecular flexibility index (Phi) is 2.50. The summed E-state index contributed by atoms with van der Waals surface area (Å²) < 4.78 is 0. The van der Waals surface area contributed by atoms with Crippen LogP contribution < -0.4 is 5.73 Å². The van der Waals surface area contributed by atoms with Gasteiger partial charge in [-0.15, -0.1) is 0 Å². The van der Waals surface area contributed by atoms with Crippen LogP contribution in [0.3, 0.4) is 0 Å². The molecule has 14 heavy (non-hydrogen) atoms. The first kappa shape index (κ1) is 9.95. The van der Waals surface area contributed by atoms with Crippen molar-refractivity contribution in [3.8, 4) is 6.07 Å². The summed E-state index contributed by atoms with van der Waals surface area (Å²) in [5.74, 6) is 0.618. The van der Waals surface area contributed by atoms with Crippen LogP contribution in [-0.2, 0) is 0 Å². The van der Waals surface area contributed by atoms with E-state index in [-0.39, 0.29) is 0 Å². The fourth-order valence-corrected chi connectivity index (χ4v) is 2.43. The molecule has 0 aromatic carbocycles. The summed E-state index contributed by atoms with van der Waals surface area (Å²) in [6.45, 7) is 5.45. The molecule has 2 N–H and O–H groups in total. The molecule has 0 amide bonds. The van der Waals surface area contributed by atoms with Gasteiger partial charge >= 0.3 is 0 Å². The van der Waals surface area contributed by atoms with Gasteiger partial charge in [0.25, 0.3) is 0 Å². The highest BCUT2D eigenvalue weighted by Crippen LogP contribution is 2.49. The van der Waals surface area contributed by atoms with E-state index in [9.17, 15) is 0 Å². The number of hydrogen-bond donors (Lipinski definition) is 1. The van der Waals surface area contributed by atoms with Gasteiger partial charge in [0.2, 0.25) is 0 Å². The lowest BCUT2D eigenvalue weighted by Gasteiger charge is -2.21. The molecule has 1 heterocycles. The minimum atomic E-state index is 0.341. The third-order valence-corrected chi connectivity index (χ3v) is 3.72. The predicted molar refractivity (Wildman–Crippen MR) is 55.5 cm³/mol. The molecule has 2 unspecified atom stereocenters. The van der Waals surface area contributed by atoms with E-state index in [1.54, 1.807) is 0 Å². The second-order valence-electron chi connectivity index (χ2n) is 5.17. The van der Waals surface area contributed by atoms with Crippen molar-refractivity contribution in [2.45, 2.75) is 32.2 Å². The van der Waals surface area contributed by atoms with Gasteiger partial charge in [0, 0.05) is 32.1 Å². The van der Waals surface area contributed by atoms with Crippen LogP contribution in [0, 0.1) is 22.7 Å². The molecule has 0 spiro atoms. The molecule has 0 aromatic heterocycles. The standard InChI is InChI=1S/C11H19N3/c1-9-6-14(7-10(9)13)8-11(2-3-11)4-5-12/h9-10H,2-4,6-8,13H2,1H3. The highest BCUT2D eigenvalue weighted by atomic mass is 15.2. The van der Waals surface area contributed by atoms with Gasteiger partial charge in [-0.3, -0.25) is 0 Å². The van der Waals surface area contributed by atoms with Crippen LogP contribution in [0.5, 0.6) is 0 Å². The average Bonchev–Trinajstić information content (AvgIpc) is 2.77. The summed E-state index contributed by atoms with van der Waals surface area (Å²) in [5, 5.41) is 8.73. The summed E-state index contributed by atoms with van der Waals surface area (Å²) >= 11 is 0. The van der Waals surface area contributed by atoms with E-state index in [0.29, 0.717) is 17.4 Å². The van der Waals surface area contributed by atoms with Crippen LogP contribution in [0.2, 0.25) is 0 Å². The van der Waals surface area contributed by atoms with E-state index < -0.39 is 0 Å². The zero-order valence-corrected chi connectivity index (χ0v) is 8.87. The molecular weight excluding hydrogens is 174 g/mol. The summed E-state index contributed by atoms with van der Waals surface area (Å²) in [6.07, 6.45) is 3.20. The topological polar surface area (TPSA) is 53.0 Å². The van der Waals surface area contributed by atoms with Gasteiger partial charge in [-0.2, -0.15) is 5.26 Å². The van der Waals surface area contributed by atoms with E-state index in [0.717, 1.165) is 26.1 Å². The number of nitrogens with zero attached hydrogens (tertiary/aromatic N) is 2. The quantitative estimate of drug-likeness (QED) is 0.726. The third-order valence-electron chi connectivity index (χ3n) is 3.72. The van der Waals surface area contributed by atoms with Crippen molar-refractivity contribution in [1.29, 1.82) is 5.26 Å². The first-order chi connectivity index (χ1) is 6.65. The Bertz CT molecular complexity index is 242. The molecule has 3 nitrogen and oxygen atoms in total. The van der Waals surface area contributed by atoms with Crippen LogP contribution in [0.1, 0.15) is 26.2 Å². The molecule has 1 saturated heterocycles. The van der Waals surface area contributed by atoms with Gasteiger partial charge in [-0.1, -0.05) is 6.92 Å². The van der Waals surface area contributed by atoms with Crippen molar-refractivity contribution in [2.75, 3.05) is 19.6 Å². The Morgan fingerprint density at radius 3 is 2.64 bits per heavy atom. The number of nitriles is 1. The molecule has 78 valence electrons.